The van der Waals surface area contributed by atoms with Crippen molar-refractivity contribution in [2.24, 2.45) is 11.8 Å². The molecule has 1 heterocycles. The molecule has 1 heteroatoms. The second-order valence-electron chi connectivity index (χ2n) is 4.32. The van der Waals surface area contributed by atoms with Gasteiger partial charge in [-0.3, -0.25) is 0 Å². The lowest BCUT2D eigenvalue weighted by atomic mass is 9.97. The average molecular weight is 167 g/mol. The Labute approximate surface area is 76.5 Å². The second-order valence-corrected chi connectivity index (χ2v) is 4.32. The van der Waals surface area contributed by atoms with E-state index in [1.54, 1.807) is 0 Å². The van der Waals surface area contributed by atoms with E-state index in [0.29, 0.717) is 5.92 Å². The van der Waals surface area contributed by atoms with Crippen LogP contribution in [0.3, 0.4) is 0 Å². The molecule has 0 aromatic heterocycles. The van der Waals surface area contributed by atoms with Crippen LogP contribution in [0.15, 0.2) is 12.3 Å². The standard InChI is InChI=1S/C11H21N/c1-9(2)11(4)12-7-5-10(3)6-8-12/h9-10H,4-8H2,1-3H3. The van der Waals surface area contributed by atoms with E-state index in [9.17, 15) is 0 Å². The first-order valence-electron chi connectivity index (χ1n) is 5.05. The third-order valence-corrected chi connectivity index (χ3v) is 2.86. The van der Waals surface area contributed by atoms with Gasteiger partial charge in [0.1, 0.15) is 0 Å². The maximum atomic E-state index is 4.13. The number of piperidine rings is 1. The zero-order valence-corrected chi connectivity index (χ0v) is 8.64. The predicted molar refractivity (Wildman–Crippen MR) is 53.9 cm³/mol. The van der Waals surface area contributed by atoms with Crippen LogP contribution < -0.4 is 0 Å². The maximum Gasteiger partial charge on any atom is 0.0177 e. The normalized spacial score (nSPS) is 20.2. The first-order valence-corrected chi connectivity index (χ1v) is 5.05. The van der Waals surface area contributed by atoms with Crippen LogP contribution in [0.25, 0.3) is 0 Å². The smallest absolute Gasteiger partial charge is 0.0177 e. The summed E-state index contributed by atoms with van der Waals surface area (Å²) < 4.78 is 0. The van der Waals surface area contributed by atoms with Gasteiger partial charge in [-0.2, -0.15) is 0 Å². The summed E-state index contributed by atoms with van der Waals surface area (Å²) in [5.74, 6) is 1.53. The lowest BCUT2D eigenvalue weighted by molar-refractivity contribution is 0.222. The zero-order valence-electron chi connectivity index (χ0n) is 8.64. The summed E-state index contributed by atoms with van der Waals surface area (Å²) in [6.45, 7) is 13.4. The van der Waals surface area contributed by atoms with E-state index in [1.807, 2.05) is 0 Å². The number of likely N-dealkylation sites (tertiary alicyclic amines) is 1. The van der Waals surface area contributed by atoms with Crippen LogP contribution in [0, 0.1) is 11.8 Å². The van der Waals surface area contributed by atoms with Gasteiger partial charge in [-0.05, 0) is 24.7 Å². The third-order valence-electron chi connectivity index (χ3n) is 2.86. The van der Waals surface area contributed by atoms with Crippen molar-refractivity contribution < 1.29 is 0 Å². The first kappa shape index (κ1) is 9.63. The van der Waals surface area contributed by atoms with Crippen LogP contribution in [0.4, 0.5) is 0 Å². The Kier molecular flexibility index (Phi) is 3.19. The molecule has 0 spiro atoms. The highest BCUT2D eigenvalue weighted by Crippen LogP contribution is 2.22. The molecule has 1 nitrogen and oxygen atoms in total. The fourth-order valence-electron chi connectivity index (χ4n) is 1.66. The lowest BCUT2D eigenvalue weighted by Gasteiger charge is -2.35. The van der Waals surface area contributed by atoms with Gasteiger partial charge in [0.15, 0.2) is 0 Å². The molecule has 1 aliphatic rings. The van der Waals surface area contributed by atoms with Crippen LogP contribution in [0.2, 0.25) is 0 Å². The number of allylic oxidation sites excluding steroid dienone is 1. The van der Waals surface area contributed by atoms with Crippen LogP contribution in [-0.2, 0) is 0 Å². The van der Waals surface area contributed by atoms with E-state index in [-0.39, 0.29) is 0 Å². The highest BCUT2D eigenvalue weighted by Gasteiger charge is 2.17. The SMILES string of the molecule is C=C(C(C)C)N1CCC(C)CC1. The molecule has 0 radical (unpaired) electrons. The summed E-state index contributed by atoms with van der Waals surface area (Å²) in [7, 11) is 0. The maximum absolute atomic E-state index is 4.13. The minimum absolute atomic E-state index is 0.610. The van der Waals surface area contributed by atoms with Crippen molar-refractivity contribution in [3.05, 3.63) is 12.3 Å². The topological polar surface area (TPSA) is 3.24 Å². The highest BCUT2D eigenvalue weighted by molar-refractivity contribution is 4.98. The van der Waals surface area contributed by atoms with Crippen LogP contribution in [0.1, 0.15) is 33.6 Å². The van der Waals surface area contributed by atoms with Crippen LogP contribution in [-0.4, -0.2) is 18.0 Å². The number of hydrogen-bond donors (Lipinski definition) is 0. The number of rotatable bonds is 2. The molecular formula is C11H21N. The second kappa shape index (κ2) is 3.97. The van der Waals surface area contributed by atoms with Crippen molar-refractivity contribution in [3.63, 3.8) is 0 Å². The largest absolute Gasteiger partial charge is 0.375 e. The lowest BCUT2D eigenvalue weighted by Crippen LogP contribution is -2.33. The minimum atomic E-state index is 0.610. The molecule has 12 heavy (non-hydrogen) atoms. The fraction of sp³-hybridized carbons (Fsp3) is 0.818. The molecular weight excluding hydrogens is 146 g/mol. The number of hydrogen-bond acceptors (Lipinski definition) is 1. The molecule has 0 aliphatic carbocycles. The van der Waals surface area contributed by atoms with E-state index >= 15 is 0 Å². The molecule has 1 fully saturated rings. The van der Waals surface area contributed by atoms with Crippen molar-refractivity contribution >= 4 is 0 Å². The van der Waals surface area contributed by atoms with Gasteiger partial charge in [0, 0.05) is 18.8 Å². The fourth-order valence-corrected chi connectivity index (χ4v) is 1.66. The predicted octanol–water partition coefficient (Wildman–Crippen LogP) is 2.89. The Balaban J connectivity index is 2.39. The average Bonchev–Trinajstić information content (AvgIpc) is 2.04. The van der Waals surface area contributed by atoms with Crippen LogP contribution in [0.5, 0.6) is 0 Å². The summed E-state index contributed by atoms with van der Waals surface area (Å²) in [5, 5.41) is 0. The van der Waals surface area contributed by atoms with Gasteiger partial charge in [0.25, 0.3) is 0 Å². The van der Waals surface area contributed by atoms with Gasteiger partial charge in [0.05, 0.1) is 0 Å². The summed E-state index contributed by atoms with van der Waals surface area (Å²) in [5.41, 5.74) is 1.32. The zero-order chi connectivity index (χ0) is 9.14. The van der Waals surface area contributed by atoms with Gasteiger partial charge < -0.3 is 4.90 Å². The molecule has 0 aromatic rings. The Hall–Kier alpha value is -0.460. The summed E-state index contributed by atoms with van der Waals surface area (Å²) in [6.07, 6.45) is 2.68. The van der Waals surface area contributed by atoms with Crippen molar-refractivity contribution in [3.8, 4) is 0 Å². The Morgan fingerprint density at radius 1 is 1.33 bits per heavy atom. The first-order chi connectivity index (χ1) is 5.61. The molecule has 0 atom stereocenters. The van der Waals surface area contributed by atoms with Crippen molar-refractivity contribution in [1.82, 2.24) is 4.90 Å². The third kappa shape index (κ3) is 2.26. The van der Waals surface area contributed by atoms with Gasteiger partial charge in [-0.25, -0.2) is 0 Å². The summed E-state index contributed by atoms with van der Waals surface area (Å²) in [6, 6.07) is 0. The highest BCUT2D eigenvalue weighted by atomic mass is 15.1. The molecule has 1 aliphatic heterocycles. The molecule has 0 bridgehead atoms. The van der Waals surface area contributed by atoms with E-state index in [0.717, 1.165) is 5.92 Å². The molecule has 0 aromatic carbocycles. The quantitative estimate of drug-likeness (QED) is 0.611. The van der Waals surface area contributed by atoms with Crippen molar-refractivity contribution in [1.29, 1.82) is 0 Å². The Bertz CT molecular complexity index is 152. The van der Waals surface area contributed by atoms with Crippen LogP contribution >= 0.6 is 0 Å². The summed E-state index contributed by atoms with van der Waals surface area (Å²) >= 11 is 0. The van der Waals surface area contributed by atoms with Crippen molar-refractivity contribution in [2.45, 2.75) is 33.6 Å². The molecule has 1 saturated heterocycles. The van der Waals surface area contributed by atoms with Gasteiger partial charge in [-0.15, -0.1) is 0 Å². The van der Waals surface area contributed by atoms with Gasteiger partial charge >= 0.3 is 0 Å². The molecule has 70 valence electrons. The minimum Gasteiger partial charge on any atom is -0.375 e. The van der Waals surface area contributed by atoms with Gasteiger partial charge in [0.2, 0.25) is 0 Å². The van der Waals surface area contributed by atoms with Gasteiger partial charge in [-0.1, -0.05) is 27.4 Å². The number of nitrogens with zero attached hydrogens (tertiary/aromatic N) is 1. The molecule has 1 rings (SSSR count). The molecule has 0 amide bonds. The Morgan fingerprint density at radius 3 is 2.25 bits per heavy atom. The Morgan fingerprint density at radius 2 is 1.83 bits per heavy atom. The monoisotopic (exact) mass is 167 g/mol. The van der Waals surface area contributed by atoms with Crippen molar-refractivity contribution in [2.75, 3.05) is 13.1 Å². The summed E-state index contributed by atoms with van der Waals surface area (Å²) in [4.78, 5) is 2.45. The van der Waals surface area contributed by atoms with E-state index < -0.39 is 0 Å². The molecule has 0 saturated carbocycles. The van der Waals surface area contributed by atoms with E-state index in [1.165, 1.54) is 31.6 Å². The van der Waals surface area contributed by atoms with E-state index in [4.69, 9.17) is 0 Å². The van der Waals surface area contributed by atoms with E-state index in [2.05, 4.69) is 32.3 Å². The molecule has 0 unspecified atom stereocenters. The molecule has 0 N–H and O–H groups in total.